The van der Waals surface area contributed by atoms with Crippen LogP contribution in [0.5, 0.6) is 5.75 Å². The lowest BCUT2D eigenvalue weighted by Gasteiger charge is -2.32. The lowest BCUT2D eigenvalue weighted by Crippen LogP contribution is -2.44. The van der Waals surface area contributed by atoms with Crippen LogP contribution in [0.2, 0.25) is 0 Å². The number of halogens is 4. The van der Waals surface area contributed by atoms with Crippen LogP contribution in [0.4, 0.5) is 34.6 Å². The van der Waals surface area contributed by atoms with E-state index in [9.17, 15) is 23.1 Å². The highest BCUT2D eigenvalue weighted by atomic mass is 32.1. The molecule has 0 aliphatic carbocycles. The van der Waals surface area contributed by atoms with Crippen LogP contribution in [0.25, 0.3) is 0 Å². The van der Waals surface area contributed by atoms with Crippen molar-refractivity contribution < 1.29 is 32.2 Å². The third-order valence-corrected chi connectivity index (χ3v) is 6.04. The summed E-state index contributed by atoms with van der Waals surface area (Å²) in [5.74, 6) is -2.03. The molecule has 7 nitrogen and oxygen atoms in total. The number of hydrogen-bond donors (Lipinski definition) is 2. The fraction of sp³-hybridized carbons (Fsp3) is 0.318. The highest BCUT2D eigenvalue weighted by Gasteiger charge is 2.52. The van der Waals surface area contributed by atoms with Gasteiger partial charge in [0.1, 0.15) is 23.0 Å². The summed E-state index contributed by atoms with van der Waals surface area (Å²) in [6.45, 7) is 3.18. The molecule has 2 aromatic carbocycles. The van der Waals surface area contributed by atoms with Crippen molar-refractivity contribution >= 4 is 40.3 Å². The van der Waals surface area contributed by atoms with E-state index >= 15 is 4.39 Å². The Kier molecular flexibility index (Phi) is 5.65. The van der Waals surface area contributed by atoms with Gasteiger partial charge in [-0.15, -0.1) is 0 Å². The molecule has 2 aliphatic heterocycles. The number of thiocarbonyl (C=S) groups is 1. The van der Waals surface area contributed by atoms with Crippen LogP contribution < -0.4 is 19.9 Å². The average Bonchev–Trinajstić information content (AvgIpc) is 2.95. The third kappa shape index (κ3) is 3.61. The summed E-state index contributed by atoms with van der Waals surface area (Å²) in [5.41, 5.74) is -3.73. The maximum absolute atomic E-state index is 15.1. The van der Waals surface area contributed by atoms with E-state index in [-0.39, 0.29) is 11.7 Å². The molecule has 0 spiro atoms. The number of anilines is 3. The van der Waals surface area contributed by atoms with Gasteiger partial charge in [-0.25, -0.2) is 4.39 Å². The number of carbonyl (C=O) groups is 1. The number of hydrogen-bond acceptors (Lipinski definition) is 6. The van der Waals surface area contributed by atoms with E-state index in [1.54, 1.807) is 18.2 Å². The Morgan fingerprint density at radius 2 is 2.03 bits per heavy atom. The van der Waals surface area contributed by atoms with Gasteiger partial charge in [-0.2, -0.15) is 18.4 Å². The first-order chi connectivity index (χ1) is 15.9. The van der Waals surface area contributed by atoms with Crippen LogP contribution in [0, 0.1) is 17.1 Å². The molecule has 0 unspecified atom stereocenters. The molecule has 12 heteroatoms. The molecule has 2 heterocycles. The highest BCUT2D eigenvalue weighted by Crippen LogP contribution is 2.43. The molecule has 1 fully saturated rings. The molecule has 4 rings (SSSR count). The molecule has 2 N–H and O–H groups in total. The maximum Gasteiger partial charge on any atom is 0.420 e. The second-order valence-electron chi connectivity index (χ2n) is 8.23. The highest BCUT2D eigenvalue weighted by molar-refractivity contribution is 7.81. The smallest absolute Gasteiger partial charge is 0.420 e. The molecule has 1 saturated heterocycles. The number of benzene rings is 2. The van der Waals surface area contributed by atoms with Crippen molar-refractivity contribution in [1.29, 1.82) is 5.26 Å². The first-order valence-electron chi connectivity index (χ1n) is 10.1. The molecule has 34 heavy (non-hydrogen) atoms. The number of nitrogens with one attached hydrogen (secondary N) is 1. The van der Waals surface area contributed by atoms with Crippen molar-refractivity contribution in [3.05, 3.63) is 47.3 Å². The SMILES string of the molecule is CC1(C)C(=O)N(c2ccc(C#N)c(C(F)(F)F)c2F)C(=S)N1c1ccc2c(c1)NC[C@H](CO)O2. The van der Waals surface area contributed by atoms with Crippen molar-refractivity contribution in [3.63, 3.8) is 0 Å². The quantitative estimate of drug-likeness (QED) is 0.496. The summed E-state index contributed by atoms with van der Waals surface area (Å²) in [7, 11) is 0. The summed E-state index contributed by atoms with van der Waals surface area (Å²) in [4.78, 5) is 15.4. The van der Waals surface area contributed by atoms with E-state index in [0.717, 1.165) is 12.1 Å². The molecule has 1 amide bonds. The second-order valence-corrected chi connectivity index (χ2v) is 8.60. The minimum Gasteiger partial charge on any atom is -0.484 e. The Morgan fingerprint density at radius 3 is 2.65 bits per heavy atom. The Hall–Kier alpha value is -3.43. The zero-order chi connectivity index (χ0) is 25.0. The molecule has 0 radical (unpaired) electrons. The lowest BCUT2D eigenvalue weighted by atomic mass is 10.0. The van der Waals surface area contributed by atoms with E-state index in [4.69, 9.17) is 22.2 Å². The van der Waals surface area contributed by atoms with Crippen LogP contribution in [0.15, 0.2) is 30.3 Å². The summed E-state index contributed by atoms with van der Waals surface area (Å²) in [5, 5.41) is 21.2. The summed E-state index contributed by atoms with van der Waals surface area (Å²) < 4.78 is 61.2. The van der Waals surface area contributed by atoms with Crippen LogP contribution in [0.1, 0.15) is 25.0 Å². The fourth-order valence-electron chi connectivity index (χ4n) is 3.99. The molecule has 1 atom stereocenters. The Labute approximate surface area is 197 Å². The van der Waals surface area contributed by atoms with Crippen molar-refractivity contribution in [2.24, 2.45) is 0 Å². The van der Waals surface area contributed by atoms with Crippen molar-refractivity contribution in [1.82, 2.24) is 0 Å². The van der Waals surface area contributed by atoms with Crippen molar-refractivity contribution in [2.75, 3.05) is 28.3 Å². The largest absolute Gasteiger partial charge is 0.484 e. The normalized spacial score (nSPS) is 19.4. The number of aliphatic hydroxyl groups excluding tert-OH is 1. The molecule has 178 valence electrons. The number of rotatable bonds is 3. The van der Waals surface area contributed by atoms with Gasteiger partial charge in [0, 0.05) is 5.69 Å². The first kappa shape index (κ1) is 23.7. The van der Waals surface area contributed by atoms with Gasteiger partial charge >= 0.3 is 6.18 Å². The maximum atomic E-state index is 15.1. The summed E-state index contributed by atoms with van der Waals surface area (Å²) >= 11 is 5.44. The number of amides is 1. The Bertz CT molecular complexity index is 1240. The predicted octanol–water partition coefficient (Wildman–Crippen LogP) is 3.80. The lowest BCUT2D eigenvalue weighted by molar-refractivity contribution is -0.140. The number of carbonyl (C=O) groups excluding carboxylic acids is 1. The zero-order valence-corrected chi connectivity index (χ0v) is 18.7. The molecular formula is C22H18F4N4O3S. The molecule has 0 bridgehead atoms. The predicted molar refractivity (Wildman–Crippen MR) is 119 cm³/mol. The third-order valence-electron chi connectivity index (χ3n) is 5.67. The van der Waals surface area contributed by atoms with Gasteiger partial charge in [0.15, 0.2) is 10.9 Å². The van der Waals surface area contributed by atoms with Gasteiger partial charge in [-0.05, 0) is 56.4 Å². The van der Waals surface area contributed by atoms with Crippen LogP contribution in [-0.2, 0) is 11.0 Å². The van der Waals surface area contributed by atoms with Crippen LogP contribution >= 0.6 is 12.2 Å². The summed E-state index contributed by atoms with van der Waals surface area (Å²) in [6, 6.07) is 7.92. The van der Waals surface area contributed by atoms with E-state index in [2.05, 4.69) is 5.32 Å². The van der Waals surface area contributed by atoms with Gasteiger partial charge in [0.2, 0.25) is 0 Å². The molecule has 0 aromatic heterocycles. The van der Waals surface area contributed by atoms with E-state index in [1.165, 1.54) is 24.8 Å². The number of ether oxygens (including phenoxy) is 1. The average molecular weight is 494 g/mol. The van der Waals surface area contributed by atoms with Crippen molar-refractivity contribution in [3.8, 4) is 11.8 Å². The number of alkyl halides is 3. The Balaban J connectivity index is 1.78. The zero-order valence-electron chi connectivity index (χ0n) is 17.9. The van der Waals surface area contributed by atoms with Gasteiger partial charge in [0.25, 0.3) is 5.91 Å². The molecule has 0 saturated carbocycles. The van der Waals surface area contributed by atoms with E-state index < -0.39 is 46.4 Å². The van der Waals surface area contributed by atoms with Crippen LogP contribution in [0.3, 0.4) is 0 Å². The number of aliphatic hydroxyl groups is 1. The number of nitriles is 1. The van der Waals surface area contributed by atoms with Gasteiger partial charge in [-0.3, -0.25) is 9.69 Å². The molecule has 2 aliphatic rings. The van der Waals surface area contributed by atoms with E-state index in [0.29, 0.717) is 28.6 Å². The number of fused-ring (bicyclic) bond motifs is 1. The fourth-order valence-corrected chi connectivity index (χ4v) is 4.51. The summed E-state index contributed by atoms with van der Waals surface area (Å²) in [6.07, 6.45) is -5.58. The van der Waals surface area contributed by atoms with Crippen molar-refractivity contribution in [2.45, 2.75) is 31.7 Å². The first-order valence-corrected chi connectivity index (χ1v) is 10.5. The topological polar surface area (TPSA) is 88.8 Å². The van der Waals surface area contributed by atoms with Gasteiger partial charge in [0.05, 0.1) is 36.2 Å². The minimum absolute atomic E-state index is 0.184. The molecular weight excluding hydrogens is 476 g/mol. The second kappa shape index (κ2) is 8.11. The molecule has 2 aromatic rings. The Morgan fingerprint density at radius 1 is 1.32 bits per heavy atom. The van der Waals surface area contributed by atoms with Gasteiger partial charge in [-0.1, -0.05) is 0 Å². The standard InChI is InChI=1S/C22H18F4N4O3S/c1-21(2)19(32)29(15-5-3-11(8-27)17(18(15)23)22(24,25)26)20(34)30(21)12-4-6-16-14(7-12)28-9-13(10-31)33-16/h3-7,13,28,31H,9-10H2,1-2H3/t13-/m1/s1. The number of nitrogens with zero attached hydrogens (tertiary/aromatic N) is 3. The van der Waals surface area contributed by atoms with E-state index in [1.807, 2.05) is 0 Å². The van der Waals surface area contributed by atoms with Gasteiger partial charge < -0.3 is 20.1 Å². The van der Waals surface area contributed by atoms with Crippen LogP contribution in [-0.4, -0.2) is 40.9 Å². The monoisotopic (exact) mass is 494 g/mol. The minimum atomic E-state index is -5.15.